The third-order valence-corrected chi connectivity index (χ3v) is 2.82. The first-order valence-electron chi connectivity index (χ1n) is 6.10. The topological polar surface area (TPSA) is 39.1 Å². The highest BCUT2D eigenvalue weighted by Crippen LogP contribution is 2.13. The summed E-state index contributed by atoms with van der Waals surface area (Å²) in [6.45, 7) is 6.99. The van der Waals surface area contributed by atoms with Crippen LogP contribution in [0.1, 0.15) is 32.3 Å². The van der Waals surface area contributed by atoms with Crippen LogP contribution in [0, 0.1) is 0 Å². The molecule has 0 aliphatic carbocycles. The first kappa shape index (κ1) is 11.6. The predicted molar refractivity (Wildman–Crippen MR) is 63.2 cm³/mol. The molecule has 0 bridgehead atoms. The average Bonchev–Trinajstić information content (AvgIpc) is 2.87. The van der Waals surface area contributed by atoms with Crippen molar-refractivity contribution in [3.8, 4) is 0 Å². The number of nitrogens with one attached hydrogen (secondary N) is 1. The first-order valence-corrected chi connectivity index (χ1v) is 6.10. The standard InChI is InChI=1S/C12H21N3O/c1-10(2)13-6-11-7-14-15(8-11)9-12-4-3-5-16-12/h7-8,10,12-13H,3-6,9H2,1-2H3. The van der Waals surface area contributed by atoms with Crippen molar-refractivity contribution in [2.45, 2.75) is 51.9 Å². The summed E-state index contributed by atoms with van der Waals surface area (Å²) in [4.78, 5) is 0. The Hall–Kier alpha value is -0.870. The van der Waals surface area contributed by atoms with Gasteiger partial charge >= 0.3 is 0 Å². The Labute approximate surface area is 97.0 Å². The second kappa shape index (κ2) is 5.46. The van der Waals surface area contributed by atoms with Crippen LogP contribution in [0.25, 0.3) is 0 Å². The highest BCUT2D eigenvalue weighted by molar-refractivity contribution is 5.03. The van der Waals surface area contributed by atoms with E-state index in [4.69, 9.17) is 4.74 Å². The maximum atomic E-state index is 5.59. The molecule has 0 saturated carbocycles. The summed E-state index contributed by atoms with van der Waals surface area (Å²) in [5, 5.41) is 7.74. The van der Waals surface area contributed by atoms with E-state index >= 15 is 0 Å². The summed E-state index contributed by atoms with van der Waals surface area (Å²) in [6.07, 6.45) is 6.76. The van der Waals surface area contributed by atoms with Gasteiger partial charge in [-0.1, -0.05) is 13.8 Å². The van der Waals surface area contributed by atoms with E-state index in [1.165, 1.54) is 18.4 Å². The minimum absolute atomic E-state index is 0.366. The molecule has 1 aromatic heterocycles. The summed E-state index contributed by atoms with van der Waals surface area (Å²) >= 11 is 0. The molecule has 1 aromatic rings. The zero-order chi connectivity index (χ0) is 11.4. The second-order valence-electron chi connectivity index (χ2n) is 4.74. The fraction of sp³-hybridized carbons (Fsp3) is 0.750. The highest BCUT2D eigenvalue weighted by atomic mass is 16.5. The largest absolute Gasteiger partial charge is 0.376 e. The van der Waals surface area contributed by atoms with Crippen LogP contribution in [0.5, 0.6) is 0 Å². The van der Waals surface area contributed by atoms with Gasteiger partial charge in [0.1, 0.15) is 0 Å². The molecule has 16 heavy (non-hydrogen) atoms. The average molecular weight is 223 g/mol. The molecule has 2 rings (SSSR count). The van der Waals surface area contributed by atoms with Crippen molar-refractivity contribution < 1.29 is 4.74 Å². The summed E-state index contributed by atoms with van der Waals surface area (Å²) in [5.41, 5.74) is 1.24. The Balaban J connectivity index is 1.81. The van der Waals surface area contributed by atoms with Gasteiger partial charge in [0.2, 0.25) is 0 Å². The zero-order valence-corrected chi connectivity index (χ0v) is 10.1. The third-order valence-electron chi connectivity index (χ3n) is 2.82. The van der Waals surface area contributed by atoms with Crippen LogP contribution in [0.2, 0.25) is 0 Å². The van der Waals surface area contributed by atoms with Crippen molar-refractivity contribution in [1.29, 1.82) is 0 Å². The second-order valence-corrected chi connectivity index (χ2v) is 4.74. The maximum Gasteiger partial charge on any atom is 0.0771 e. The lowest BCUT2D eigenvalue weighted by Crippen LogP contribution is -2.21. The lowest BCUT2D eigenvalue weighted by Gasteiger charge is -2.08. The Kier molecular flexibility index (Phi) is 3.96. The van der Waals surface area contributed by atoms with Crippen molar-refractivity contribution in [3.05, 3.63) is 18.0 Å². The van der Waals surface area contributed by atoms with Gasteiger partial charge in [0, 0.05) is 31.0 Å². The molecule has 0 amide bonds. The molecule has 1 atom stereocenters. The normalized spacial score (nSPS) is 20.8. The Bertz CT molecular complexity index is 316. The monoisotopic (exact) mass is 223 g/mol. The van der Waals surface area contributed by atoms with E-state index in [-0.39, 0.29) is 0 Å². The van der Waals surface area contributed by atoms with Gasteiger partial charge in [-0.05, 0) is 12.8 Å². The van der Waals surface area contributed by atoms with Crippen LogP contribution in [0.3, 0.4) is 0 Å². The summed E-state index contributed by atoms with van der Waals surface area (Å²) < 4.78 is 7.58. The van der Waals surface area contributed by atoms with Crippen LogP contribution >= 0.6 is 0 Å². The lowest BCUT2D eigenvalue weighted by molar-refractivity contribution is 0.0940. The fourth-order valence-corrected chi connectivity index (χ4v) is 1.92. The van der Waals surface area contributed by atoms with Crippen molar-refractivity contribution in [2.24, 2.45) is 0 Å². The smallest absolute Gasteiger partial charge is 0.0771 e. The molecule has 1 fully saturated rings. The Morgan fingerprint density at radius 1 is 1.62 bits per heavy atom. The molecule has 0 spiro atoms. The Morgan fingerprint density at radius 3 is 3.19 bits per heavy atom. The Morgan fingerprint density at radius 2 is 2.50 bits per heavy atom. The van der Waals surface area contributed by atoms with Gasteiger partial charge in [-0.2, -0.15) is 5.10 Å². The van der Waals surface area contributed by atoms with E-state index in [0.717, 1.165) is 19.7 Å². The predicted octanol–water partition coefficient (Wildman–Crippen LogP) is 1.56. The minimum atomic E-state index is 0.366. The van der Waals surface area contributed by atoms with Gasteiger partial charge in [0.25, 0.3) is 0 Å². The van der Waals surface area contributed by atoms with Gasteiger partial charge in [0.15, 0.2) is 0 Å². The third kappa shape index (κ3) is 3.32. The van der Waals surface area contributed by atoms with E-state index in [0.29, 0.717) is 12.1 Å². The molecule has 1 unspecified atom stereocenters. The molecule has 90 valence electrons. The molecule has 1 aliphatic rings. The summed E-state index contributed by atoms with van der Waals surface area (Å²) in [5.74, 6) is 0. The summed E-state index contributed by atoms with van der Waals surface area (Å²) in [6, 6.07) is 0.515. The van der Waals surface area contributed by atoms with E-state index in [2.05, 4.69) is 30.5 Å². The molecule has 4 heteroatoms. The lowest BCUT2D eigenvalue weighted by atomic mass is 10.2. The van der Waals surface area contributed by atoms with E-state index in [1.54, 1.807) is 0 Å². The van der Waals surface area contributed by atoms with Crippen LogP contribution in [0.15, 0.2) is 12.4 Å². The number of hydrogen-bond donors (Lipinski definition) is 1. The van der Waals surface area contributed by atoms with E-state index < -0.39 is 0 Å². The maximum absolute atomic E-state index is 5.59. The van der Waals surface area contributed by atoms with Crippen LogP contribution in [-0.2, 0) is 17.8 Å². The zero-order valence-electron chi connectivity index (χ0n) is 10.1. The summed E-state index contributed by atoms with van der Waals surface area (Å²) in [7, 11) is 0. The molecule has 1 N–H and O–H groups in total. The molecule has 0 aromatic carbocycles. The number of nitrogens with zero attached hydrogens (tertiary/aromatic N) is 2. The van der Waals surface area contributed by atoms with Crippen molar-refractivity contribution in [2.75, 3.05) is 6.61 Å². The molecule has 0 radical (unpaired) electrons. The molecule has 1 aliphatic heterocycles. The van der Waals surface area contributed by atoms with Crippen molar-refractivity contribution in [1.82, 2.24) is 15.1 Å². The van der Waals surface area contributed by atoms with Crippen LogP contribution in [0.4, 0.5) is 0 Å². The van der Waals surface area contributed by atoms with Gasteiger partial charge in [0.05, 0.1) is 18.8 Å². The van der Waals surface area contributed by atoms with Gasteiger partial charge < -0.3 is 10.1 Å². The van der Waals surface area contributed by atoms with Crippen molar-refractivity contribution >= 4 is 0 Å². The molecule has 2 heterocycles. The van der Waals surface area contributed by atoms with Gasteiger partial charge in [-0.3, -0.25) is 4.68 Å². The number of rotatable bonds is 5. The van der Waals surface area contributed by atoms with Crippen molar-refractivity contribution in [3.63, 3.8) is 0 Å². The van der Waals surface area contributed by atoms with Gasteiger partial charge in [-0.15, -0.1) is 0 Å². The highest BCUT2D eigenvalue weighted by Gasteiger charge is 2.16. The SMILES string of the molecule is CC(C)NCc1cnn(CC2CCCO2)c1. The van der Waals surface area contributed by atoms with Crippen LogP contribution < -0.4 is 5.32 Å². The number of hydrogen-bond acceptors (Lipinski definition) is 3. The van der Waals surface area contributed by atoms with Gasteiger partial charge in [-0.25, -0.2) is 0 Å². The first-order chi connectivity index (χ1) is 7.74. The molecular formula is C12H21N3O. The molecular weight excluding hydrogens is 202 g/mol. The van der Waals surface area contributed by atoms with E-state index in [1.807, 2.05) is 10.9 Å². The number of aromatic nitrogens is 2. The molecule has 4 nitrogen and oxygen atoms in total. The number of ether oxygens (including phenoxy) is 1. The minimum Gasteiger partial charge on any atom is -0.376 e. The molecule has 1 saturated heterocycles. The fourth-order valence-electron chi connectivity index (χ4n) is 1.92. The van der Waals surface area contributed by atoms with E-state index in [9.17, 15) is 0 Å². The van der Waals surface area contributed by atoms with Crippen LogP contribution in [-0.4, -0.2) is 28.5 Å². The quantitative estimate of drug-likeness (QED) is 0.823.